The molecule has 1 heterocycles. The van der Waals surface area contributed by atoms with Crippen LogP contribution in [0.25, 0.3) is 22.2 Å². The van der Waals surface area contributed by atoms with E-state index in [1.54, 1.807) is 24.3 Å². The van der Waals surface area contributed by atoms with Crippen LogP contribution in [-0.2, 0) is 0 Å². The van der Waals surface area contributed by atoms with Crippen molar-refractivity contribution in [1.29, 1.82) is 5.41 Å². The molecular formula is C20H16N4O. The fourth-order valence-electron chi connectivity index (χ4n) is 2.84. The fourth-order valence-corrected chi connectivity index (χ4v) is 2.84. The molecule has 0 saturated carbocycles. The van der Waals surface area contributed by atoms with E-state index in [0.717, 1.165) is 22.2 Å². The summed E-state index contributed by atoms with van der Waals surface area (Å²) in [6, 6.07) is 20.1. The number of phenolic OH excluding ortho intramolecular Hbond substituents is 1. The van der Waals surface area contributed by atoms with Crippen LogP contribution in [0.4, 0.5) is 5.69 Å². The maximum absolute atomic E-state index is 9.68. The van der Waals surface area contributed by atoms with E-state index in [4.69, 9.17) is 11.1 Å². The number of nitrogens with two attached hydrogens (primary N) is 1. The molecule has 0 aliphatic rings. The SMILES string of the molecule is N=C(c1nc2ccccc2[nH]1)c1cc(-c2cccc(O)c2)ccc1N. The maximum atomic E-state index is 9.68. The fraction of sp³-hybridized carbons (Fsp3) is 0. The van der Waals surface area contributed by atoms with Crippen molar-refractivity contribution in [2.45, 2.75) is 0 Å². The summed E-state index contributed by atoms with van der Waals surface area (Å²) < 4.78 is 0. The number of anilines is 1. The first-order valence-corrected chi connectivity index (χ1v) is 7.85. The maximum Gasteiger partial charge on any atom is 0.157 e. The molecule has 0 radical (unpaired) electrons. The van der Waals surface area contributed by atoms with Gasteiger partial charge in [-0.05, 0) is 47.5 Å². The van der Waals surface area contributed by atoms with Crippen LogP contribution in [0.1, 0.15) is 11.4 Å². The van der Waals surface area contributed by atoms with Gasteiger partial charge in [0.15, 0.2) is 5.82 Å². The second-order valence-corrected chi connectivity index (χ2v) is 5.83. The number of aromatic amines is 1. The first-order chi connectivity index (χ1) is 12.1. The van der Waals surface area contributed by atoms with Gasteiger partial charge >= 0.3 is 0 Å². The van der Waals surface area contributed by atoms with E-state index >= 15 is 0 Å². The Morgan fingerprint density at radius 1 is 0.960 bits per heavy atom. The summed E-state index contributed by atoms with van der Waals surface area (Å²) in [6.07, 6.45) is 0. The molecule has 5 N–H and O–H groups in total. The number of phenols is 1. The highest BCUT2D eigenvalue weighted by atomic mass is 16.3. The van der Waals surface area contributed by atoms with Gasteiger partial charge in [0.05, 0.1) is 11.0 Å². The lowest BCUT2D eigenvalue weighted by molar-refractivity contribution is 0.475. The number of para-hydroxylation sites is 2. The molecule has 3 aromatic carbocycles. The van der Waals surface area contributed by atoms with Gasteiger partial charge in [-0.15, -0.1) is 0 Å². The van der Waals surface area contributed by atoms with Crippen LogP contribution in [0, 0.1) is 5.41 Å². The van der Waals surface area contributed by atoms with Crippen molar-refractivity contribution in [3.05, 3.63) is 78.1 Å². The summed E-state index contributed by atoms with van der Waals surface area (Å²) in [5.74, 6) is 0.671. The molecule has 0 aliphatic carbocycles. The Kier molecular flexibility index (Phi) is 3.47. The summed E-state index contributed by atoms with van der Waals surface area (Å²) in [7, 11) is 0. The molecule has 0 atom stereocenters. The largest absolute Gasteiger partial charge is 0.508 e. The van der Waals surface area contributed by atoms with Gasteiger partial charge in [0.1, 0.15) is 11.5 Å². The van der Waals surface area contributed by atoms with Gasteiger partial charge in [-0.25, -0.2) is 4.98 Å². The van der Waals surface area contributed by atoms with Crippen molar-refractivity contribution in [2.75, 3.05) is 5.73 Å². The standard InChI is InChI=1S/C20H16N4O/c21-16-9-8-13(12-4-3-5-14(25)10-12)11-15(16)19(22)20-23-17-6-1-2-7-18(17)24-20/h1-11,22,25H,21H2,(H,23,24). The van der Waals surface area contributed by atoms with Gasteiger partial charge in [-0.3, -0.25) is 5.41 Å². The van der Waals surface area contributed by atoms with Crippen LogP contribution in [0.15, 0.2) is 66.7 Å². The minimum absolute atomic E-state index is 0.197. The predicted molar refractivity (Wildman–Crippen MR) is 100.0 cm³/mol. The zero-order valence-electron chi connectivity index (χ0n) is 13.3. The van der Waals surface area contributed by atoms with Crippen LogP contribution in [0.3, 0.4) is 0 Å². The molecule has 0 amide bonds. The number of hydrogen-bond acceptors (Lipinski definition) is 4. The van der Waals surface area contributed by atoms with Gasteiger partial charge in [-0.2, -0.15) is 0 Å². The molecule has 4 rings (SSSR count). The molecule has 4 aromatic rings. The topological polar surface area (TPSA) is 98.8 Å². The van der Waals surface area contributed by atoms with Gasteiger partial charge in [0, 0.05) is 11.3 Å². The molecule has 0 fully saturated rings. The lowest BCUT2D eigenvalue weighted by Gasteiger charge is -2.09. The number of hydrogen-bond donors (Lipinski definition) is 4. The lowest BCUT2D eigenvalue weighted by Crippen LogP contribution is -2.07. The number of benzene rings is 3. The van der Waals surface area contributed by atoms with E-state index in [9.17, 15) is 5.11 Å². The van der Waals surface area contributed by atoms with E-state index in [1.807, 2.05) is 42.5 Å². The number of imidazole rings is 1. The normalized spacial score (nSPS) is 10.9. The minimum atomic E-state index is 0.197. The summed E-state index contributed by atoms with van der Waals surface area (Å²) in [5, 5.41) is 18.2. The molecule has 5 heteroatoms. The van der Waals surface area contributed by atoms with Crippen LogP contribution >= 0.6 is 0 Å². The third kappa shape index (κ3) is 2.72. The van der Waals surface area contributed by atoms with Gasteiger partial charge < -0.3 is 15.8 Å². The molecule has 0 spiro atoms. The van der Waals surface area contributed by atoms with E-state index in [0.29, 0.717) is 17.1 Å². The highest BCUT2D eigenvalue weighted by molar-refractivity contribution is 6.13. The minimum Gasteiger partial charge on any atom is -0.508 e. The number of nitrogens with zero attached hydrogens (tertiary/aromatic N) is 1. The Morgan fingerprint density at radius 3 is 2.56 bits per heavy atom. The summed E-state index contributed by atoms with van der Waals surface area (Å²) in [6.45, 7) is 0. The molecule has 25 heavy (non-hydrogen) atoms. The third-order valence-electron chi connectivity index (χ3n) is 4.13. The zero-order chi connectivity index (χ0) is 17.4. The van der Waals surface area contributed by atoms with Crippen molar-refractivity contribution in [3.63, 3.8) is 0 Å². The molecule has 0 aliphatic heterocycles. The van der Waals surface area contributed by atoms with Crippen molar-refractivity contribution >= 4 is 22.4 Å². The number of nitrogen functional groups attached to an aromatic ring is 1. The smallest absolute Gasteiger partial charge is 0.157 e. The summed E-state index contributed by atoms with van der Waals surface area (Å²) >= 11 is 0. The lowest BCUT2D eigenvalue weighted by atomic mass is 9.99. The average molecular weight is 328 g/mol. The van der Waals surface area contributed by atoms with Gasteiger partial charge in [0.25, 0.3) is 0 Å². The first kappa shape index (κ1) is 15.0. The van der Waals surface area contributed by atoms with E-state index < -0.39 is 0 Å². The summed E-state index contributed by atoms with van der Waals surface area (Å²) in [5.41, 5.74) is 10.9. The quantitative estimate of drug-likeness (QED) is 0.339. The van der Waals surface area contributed by atoms with Crippen molar-refractivity contribution in [1.82, 2.24) is 9.97 Å². The highest BCUT2D eigenvalue weighted by Gasteiger charge is 2.14. The van der Waals surface area contributed by atoms with Crippen molar-refractivity contribution < 1.29 is 5.11 Å². The monoisotopic (exact) mass is 328 g/mol. The average Bonchev–Trinajstić information content (AvgIpc) is 3.06. The third-order valence-corrected chi connectivity index (χ3v) is 4.13. The molecule has 0 saturated heterocycles. The van der Waals surface area contributed by atoms with Crippen molar-refractivity contribution in [2.24, 2.45) is 0 Å². The number of fused-ring (bicyclic) bond motifs is 1. The number of aromatic nitrogens is 2. The predicted octanol–water partition coefficient (Wildman–Crippen LogP) is 3.93. The molecule has 122 valence electrons. The zero-order valence-corrected chi connectivity index (χ0v) is 13.3. The molecule has 0 unspecified atom stereocenters. The van der Waals surface area contributed by atoms with Crippen molar-refractivity contribution in [3.8, 4) is 16.9 Å². The van der Waals surface area contributed by atoms with Crippen LogP contribution < -0.4 is 5.73 Å². The van der Waals surface area contributed by atoms with Crippen LogP contribution in [0.2, 0.25) is 0 Å². The van der Waals surface area contributed by atoms with Gasteiger partial charge in [-0.1, -0.05) is 30.3 Å². The molecular weight excluding hydrogens is 312 g/mol. The van der Waals surface area contributed by atoms with Gasteiger partial charge in [0.2, 0.25) is 0 Å². The highest BCUT2D eigenvalue weighted by Crippen LogP contribution is 2.27. The second-order valence-electron chi connectivity index (χ2n) is 5.83. The van der Waals surface area contributed by atoms with E-state index in [2.05, 4.69) is 9.97 Å². The molecule has 5 nitrogen and oxygen atoms in total. The Morgan fingerprint density at radius 2 is 1.76 bits per heavy atom. The number of rotatable bonds is 3. The van der Waals surface area contributed by atoms with E-state index in [-0.39, 0.29) is 11.5 Å². The Labute approximate surface area is 144 Å². The number of H-pyrrole nitrogens is 1. The Hall–Kier alpha value is -3.60. The molecule has 1 aromatic heterocycles. The van der Waals surface area contributed by atoms with E-state index in [1.165, 1.54) is 0 Å². The first-order valence-electron chi connectivity index (χ1n) is 7.85. The summed E-state index contributed by atoms with van der Waals surface area (Å²) in [4.78, 5) is 7.63. The van der Waals surface area contributed by atoms with Crippen LogP contribution in [0.5, 0.6) is 5.75 Å². The Bertz CT molecular complexity index is 1060. The van der Waals surface area contributed by atoms with Crippen LogP contribution in [-0.4, -0.2) is 20.8 Å². The number of nitrogens with one attached hydrogen (secondary N) is 2. The molecule has 0 bridgehead atoms. The number of aromatic hydroxyl groups is 1. The Balaban J connectivity index is 1.79. The second kappa shape index (κ2) is 5.79.